The van der Waals surface area contributed by atoms with Gasteiger partial charge in [-0.05, 0) is 35.7 Å². The molecule has 0 spiro atoms. The number of halogens is 2. The number of rotatable bonds is 2. The highest BCUT2D eigenvalue weighted by Gasteiger charge is 2.23. The van der Waals surface area contributed by atoms with Crippen molar-refractivity contribution in [3.63, 3.8) is 0 Å². The maximum Gasteiger partial charge on any atom is 0.132 e. The van der Waals surface area contributed by atoms with Gasteiger partial charge in [0.2, 0.25) is 0 Å². The predicted molar refractivity (Wildman–Crippen MR) is 82.5 cm³/mol. The molecule has 0 saturated carbocycles. The number of benzene rings is 1. The van der Waals surface area contributed by atoms with Crippen LogP contribution in [-0.4, -0.2) is 4.98 Å². The molecule has 1 aromatic heterocycles. The lowest BCUT2D eigenvalue weighted by molar-refractivity contribution is 0.334. The predicted octanol–water partition coefficient (Wildman–Crippen LogP) is 5.69. The van der Waals surface area contributed by atoms with E-state index in [-0.39, 0.29) is 17.2 Å². The molecule has 0 amide bonds. The zero-order chi connectivity index (χ0) is 14.9. The normalized spacial score (nSPS) is 13.3. The second-order valence-corrected chi connectivity index (χ2v) is 6.60. The summed E-state index contributed by atoms with van der Waals surface area (Å²) in [5.74, 6) is -0.0212. The molecule has 0 fully saturated rings. The number of hydrogen-bond acceptors (Lipinski definition) is 1. The second kappa shape index (κ2) is 5.53. The van der Waals surface area contributed by atoms with Crippen LogP contribution in [0.15, 0.2) is 36.4 Å². The Balaban J connectivity index is 2.47. The highest BCUT2D eigenvalue weighted by atomic mass is 35.5. The van der Waals surface area contributed by atoms with Gasteiger partial charge in [0.15, 0.2) is 0 Å². The molecule has 106 valence electrons. The maximum atomic E-state index is 13.9. The molecular weight excluding hydrogens is 273 g/mol. The smallest absolute Gasteiger partial charge is 0.132 e. The summed E-state index contributed by atoms with van der Waals surface area (Å²) in [5.41, 5.74) is 2.15. The van der Waals surface area contributed by atoms with Gasteiger partial charge in [0, 0.05) is 22.2 Å². The van der Waals surface area contributed by atoms with Crippen LogP contribution < -0.4 is 0 Å². The van der Waals surface area contributed by atoms with Gasteiger partial charge in [0.05, 0.1) is 5.69 Å². The minimum absolute atomic E-state index is 0.110. The van der Waals surface area contributed by atoms with Crippen LogP contribution in [0, 0.1) is 11.2 Å². The van der Waals surface area contributed by atoms with Crippen molar-refractivity contribution in [1.29, 1.82) is 0 Å². The Kier molecular flexibility index (Phi) is 4.14. The Bertz CT molecular complexity index is 617. The first-order valence-electron chi connectivity index (χ1n) is 6.71. The number of hydrogen-bond donors (Lipinski definition) is 0. The summed E-state index contributed by atoms with van der Waals surface area (Å²) in [6.07, 6.45) is 0. The SMILES string of the molecule is C[C@@H](c1cccc(-c2cc(Cl)ccc2F)n1)C(C)(C)C. The van der Waals surface area contributed by atoms with Crippen LogP contribution in [0.25, 0.3) is 11.3 Å². The molecule has 1 nitrogen and oxygen atoms in total. The largest absolute Gasteiger partial charge is 0.252 e. The molecule has 0 saturated heterocycles. The van der Waals surface area contributed by atoms with Crippen LogP contribution >= 0.6 is 11.6 Å². The van der Waals surface area contributed by atoms with Crippen molar-refractivity contribution < 1.29 is 4.39 Å². The minimum Gasteiger partial charge on any atom is -0.252 e. The van der Waals surface area contributed by atoms with E-state index in [9.17, 15) is 4.39 Å². The molecule has 1 aromatic carbocycles. The van der Waals surface area contributed by atoms with Crippen molar-refractivity contribution in [2.75, 3.05) is 0 Å². The van der Waals surface area contributed by atoms with Gasteiger partial charge < -0.3 is 0 Å². The third-order valence-electron chi connectivity index (χ3n) is 3.72. The molecule has 3 heteroatoms. The van der Waals surface area contributed by atoms with Crippen LogP contribution in [0.3, 0.4) is 0 Å². The average Bonchev–Trinajstić information content (AvgIpc) is 2.40. The number of aromatic nitrogens is 1. The van der Waals surface area contributed by atoms with E-state index >= 15 is 0 Å². The molecule has 2 aromatic rings. The minimum atomic E-state index is -0.303. The Morgan fingerprint density at radius 3 is 2.50 bits per heavy atom. The summed E-state index contributed by atoms with van der Waals surface area (Å²) < 4.78 is 13.9. The van der Waals surface area contributed by atoms with Gasteiger partial charge in [-0.2, -0.15) is 0 Å². The van der Waals surface area contributed by atoms with Gasteiger partial charge >= 0.3 is 0 Å². The topological polar surface area (TPSA) is 12.9 Å². The van der Waals surface area contributed by atoms with Gasteiger partial charge in [-0.15, -0.1) is 0 Å². The van der Waals surface area contributed by atoms with Gasteiger partial charge in [0.1, 0.15) is 5.82 Å². The van der Waals surface area contributed by atoms with Crippen molar-refractivity contribution in [2.24, 2.45) is 5.41 Å². The monoisotopic (exact) mass is 291 g/mol. The fourth-order valence-electron chi connectivity index (χ4n) is 1.98. The summed E-state index contributed by atoms with van der Waals surface area (Å²) >= 11 is 5.95. The molecule has 0 unspecified atom stereocenters. The average molecular weight is 292 g/mol. The van der Waals surface area contributed by atoms with Crippen molar-refractivity contribution in [1.82, 2.24) is 4.98 Å². The Hall–Kier alpha value is -1.41. The van der Waals surface area contributed by atoms with Crippen LogP contribution in [0.2, 0.25) is 5.02 Å². The molecule has 0 aliphatic heterocycles. The van der Waals surface area contributed by atoms with Gasteiger partial charge in [-0.3, -0.25) is 4.98 Å². The molecule has 1 atom stereocenters. The van der Waals surface area contributed by atoms with Gasteiger partial charge in [-0.1, -0.05) is 45.4 Å². The zero-order valence-corrected chi connectivity index (χ0v) is 13.0. The summed E-state index contributed by atoms with van der Waals surface area (Å²) in [7, 11) is 0. The first-order valence-corrected chi connectivity index (χ1v) is 7.09. The van der Waals surface area contributed by atoms with Gasteiger partial charge in [0.25, 0.3) is 0 Å². The lowest BCUT2D eigenvalue weighted by atomic mass is 9.80. The highest BCUT2D eigenvalue weighted by Crippen LogP contribution is 2.34. The van der Waals surface area contributed by atoms with E-state index in [1.54, 1.807) is 12.1 Å². The van der Waals surface area contributed by atoms with Crippen LogP contribution in [0.1, 0.15) is 39.3 Å². The van der Waals surface area contributed by atoms with E-state index in [4.69, 9.17) is 11.6 Å². The molecule has 0 aliphatic carbocycles. The van der Waals surface area contributed by atoms with E-state index in [2.05, 4.69) is 32.7 Å². The highest BCUT2D eigenvalue weighted by molar-refractivity contribution is 6.30. The zero-order valence-electron chi connectivity index (χ0n) is 12.2. The fourth-order valence-corrected chi connectivity index (χ4v) is 2.15. The third kappa shape index (κ3) is 3.18. The summed E-state index contributed by atoms with van der Waals surface area (Å²) in [4.78, 5) is 4.61. The Morgan fingerprint density at radius 1 is 1.15 bits per heavy atom. The molecular formula is C17H19ClFN. The molecule has 0 bridgehead atoms. The maximum absolute atomic E-state index is 13.9. The van der Waals surface area contributed by atoms with E-state index < -0.39 is 0 Å². The number of pyridine rings is 1. The van der Waals surface area contributed by atoms with Crippen LogP contribution in [0.5, 0.6) is 0 Å². The van der Waals surface area contributed by atoms with Crippen LogP contribution in [0.4, 0.5) is 4.39 Å². The summed E-state index contributed by atoms with van der Waals surface area (Å²) in [6.45, 7) is 8.66. The van der Waals surface area contributed by atoms with Gasteiger partial charge in [-0.25, -0.2) is 4.39 Å². The van der Waals surface area contributed by atoms with Crippen LogP contribution in [-0.2, 0) is 0 Å². The first-order chi connectivity index (χ1) is 9.29. The van der Waals surface area contributed by atoms with Crippen molar-refractivity contribution in [2.45, 2.75) is 33.6 Å². The van der Waals surface area contributed by atoms with E-state index in [0.717, 1.165) is 5.69 Å². The molecule has 1 heterocycles. The molecule has 0 aliphatic rings. The molecule has 0 radical (unpaired) electrons. The summed E-state index contributed by atoms with van der Waals surface area (Å²) in [6, 6.07) is 10.3. The lowest BCUT2D eigenvalue weighted by Gasteiger charge is -2.27. The lowest BCUT2D eigenvalue weighted by Crippen LogP contribution is -2.16. The molecule has 2 rings (SSSR count). The Labute approximate surface area is 124 Å². The van der Waals surface area contributed by atoms with E-state index in [1.807, 2.05) is 18.2 Å². The summed E-state index contributed by atoms with van der Waals surface area (Å²) in [5, 5.41) is 0.512. The Morgan fingerprint density at radius 2 is 1.85 bits per heavy atom. The quantitative estimate of drug-likeness (QED) is 0.692. The second-order valence-electron chi connectivity index (χ2n) is 6.16. The van der Waals surface area contributed by atoms with Crippen molar-refractivity contribution in [3.8, 4) is 11.3 Å². The van der Waals surface area contributed by atoms with Crippen molar-refractivity contribution >= 4 is 11.6 Å². The first kappa shape index (κ1) is 15.0. The van der Waals surface area contributed by atoms with E-state index in [0.29, 0.717) is 16.3 Å². The fraction of sp³-hybridized carbons (Fsp3) is 0.353. The molecule has 0 N–H and O–H groups in total. The van der Waals surface area contributed by atoms with E-state index in [1.165, 1.54) is 6.07 Å². The number of nitrogens with zero attached hydrogens (tertiary/aromatic N) is 1. The third-order valence-corrected chi connectivity index (χ3v) is 3.95. The standard InChI is InChI=1S/C17H19ClFN/c1-11(17(2,3)4)15-6-5-7-16(20-15)13-10-12(18)8-9-14(13)19/h5-11H,1-4H3/t11-/m0/s1. The molecule has 20 heavy (non-hydrogen) atoms. The van der Waals surface area contributed by atoms with Crippen molar-refractivity contribution in [3.05, 3.63) is 52.9 Å².